The van der Waals surface area contributed by atoms with Crippen LogP contribution in [-0.2, 0) is 19.1 Å². The van der Waals surface area contributed by atoms with Crippen molar-refractivity contribution < 1.29 is 19.1 Å². The molecule has 212 valence electrons. The van der Waals surface area contributed by atoms with E-state index < -0.39 is 11.5 Å². The van der Waals surface area contributed by atoms with Crippen LogP contribution >= 0.6 is 23.2 Å². The van der Waals surface area contributed by atoms with Crippen molar-refractivity contribution in [1.29, 1.82) is 0 Å². The molecular weight excluding hydrogens is 535 g/mol. The molecule has 4 rings (SSSR count). The number of nitrogens with zero attached hydrogens (tertiary/aromatic N) is 2. The molecule has 0 N–H and O–H groups in total. The average Bonchev–Trinajstić information content (AvgIpc) is 2.88. The minimum atomic E-state index is -0.616. The zero-order chi connectivity index (χ0) is 28.2. The number of hydrogen-bond acceptors (Lipinski definition) is 5. The largest absolute Gasteiger partial charge is 0.460 e. The summed E-state index contributed by atoms with van der Waals surface area (Å²) in [4.78, 5) is 31.8. The topological polar surface area (TPSA) is 59.1 Å². The predicted molar refractivity (Wildman–Crippen MR) is 155 cm³/mol. The average molecular weight is 576 g/mol. The van der Waals surface area contributed by atoms with Crippen LogP contribution in [0.25, 0.3) is 0 Å². The van der Waals surface area contributed by atoms with Gasteiger partial charge in [-0.05, 0) is 69.0 Å². The van der Waals surface area contributed by atoms with Crippen molar-refractivity contribution in [3.8, 4) is 0 Å². The van der Waals surface area contributed by atoms with Gasteiger partial charge in [-0.3, -0.25) is 14.5 Å². The molecule has 2 aromatic carbocycles. The Morgan fingerprint density at radius 2 is 1.74 bits per heavy atom. The minimum absolute atomic E-state index is 0.000744. The Balaban J connectivity index is 1.77. The fraction of sp³-hybridized carbons (Fsp3) is 0.548. The van der Waals surface area contributed by atoms with Crippen molar-refractivity contribution in [2.75, 3.05) is 32.8 Å². The van der Waals surface area contributed by atoms with Gasteiger partial charge >= 0.3 is 5.97 Å². The van der Waals surface area contributed by atoms with Crippen LogP contribution < -0.4 is 0 Å². The molecule has 0 bridgehead atoms. The molecule has 2 aromatic rings. The van der Waals surface area contributed by atoms with Gasteiger partial charge < -0.3 is 14.4 Å². The Morgan fingerprint density at radius 1 is 1.05 bits per heavy atom. The molecule has 2 fully saturated rings. The molecule has 2 aliphatic heterocycles. The smallest absolute Gasteiger partial charge is 0.307 e. The third kappa shape index (κ3) is 7.75. The zero-order valence-corrected chi connectivity index (χ0v) is 24.9. The van der Waals surface area contributed by atoms with Gasteiger partial charge in [0.1, 0.15) is 5.60 Å². The molecule has 3 unspecified atom stereocenters. The molecular formula is C31H40Cl2N2O4. The number of carbonyl (C=O) groups is 2. The molecule has 4 atom stereocenters. The number of benzene rings is 2. The molecule has 39 heavy (non-hydrogen) atoms. The second-order valence-corrected chi connectivity index (χ2v) is 12.5. The van der Waals surface area contributed by atoms with Crippen molar-refractivity contribution >= 4 is 35.1 Å². The Bertz CT molecular complexity index is 1130. The molecule has 2 heterocycles. The molecule has 6 nitrogen and oxygen atoms in total. The van der Waals surface area contributed by atoms with Gasteiger partial charge in [0, 0.05) is 47.6 Å². The molecule has 0 aromatic heterocycles. The fourth-order valence-corrected chi connectivity index (χ4v) is 6.17. The van der Waals surface area contributed by atoms with E-state index in [-0.39, 0.29) is 36.3 Å². The van der Waals surface area contributed by atoms with Crippen molar-refractivity contribution in [3.63, 3.8) is 0 Å². The lowest BCUT2D eigenvalue weighted by Gasteiger charge is -2.49. The first-order valence-corrected chi connectivity index (χ1v) is 14.7. The van der Waals surface area contributed by atoms with Crippen LogP contribution in [-0.4, -0.2) is 66.2 Å². The van der Waals surface area contributed by atoms with Crippen molar-refractivity contribution in [2.24, 2.45) is 5.92 Å². The van der Waals surface area contributed by atoms with Gasteiger partial charge in [0.05, 0.1) is 25.7 Å². The van der Waals surface area contributed by atoms with Crippen LogP contribution in [0.4, 0.5) is 0 Å². The maximum absolute atomic E-state index is 14.4. The number of likely N-dealkylation sites (tertiary alicyclic amines) is 1. The highest BCUT2D eigenvalue weighted by molar-refractivity contribution is 6.30. The first-order valence-electron chi connectivity index (χ1n) is 13.9. The van der Waals surface area contributed by atoms with Crippen LogP contribution in [0.5, 0.6) is 0 Å². The molecule has 0 spiro atoms. The van der Waals surface area contributed by atoms with Crippen LogP contribution in [0, 0.1) is 5.92 Å². The number of amides is 1. The van der Waals surface area contributed by atoms with E-state index in [9.17, 15) is 9.59 Å². The van der Waals surface area contributed by atoms with Crippen molar-refractivity contribution in [2.45, 2.75) is 70.6 Å². The molecule has 2 saturated heterocycles. The quantitative estimate of drug-likeness (QED) is 0.336. The van der Waals surface area contributed by atoms with E-state index in [4.69, 9.17) is 32.7 Å². The zero-order valence-electron chi connectivity index (χ0n) is 23.4. The van der Waals surface area contributed by atoms with E-state index in [2.05, 4.69) is 22.8 Å². The van der Waals surface area contributed by atoms with E-state index in [1.807, 2.05) is 63.2 Å². The van der Waals surface area contributed by atoms with Crippen LogP contribution in [0.15, 0.2) is 48.5 Å². The summed E-state index contributed by atoms with van der Waals surface area (Å²) in [6.45, 7) is 11.5. The molecule has 0 saturated carbocycles. The number of carbonyl (C=O) groups excluding carboxylic acids is 2. The predicted octanol–water partition coefficient (Wildman–Crippen LogP) is 6.51. The minimum Gasteiger partial charge on any atom is -0.460 e. The Morgan fingerprint density at radius 3 is 2.36 bits per heavy atom. The summed E-state index contributed by atoms with van der Waals surface area (Å²) in [6, 6.07) is 15.4. The summed E-state index contributed by atoms with van der Waals surface area (Å²) < 4.78 is 11.2. The van der Waals surface area contributed by atoms with Gasteiger partial charge in [0.25, 0.3) is 0 Å². The second kappa shape index (κ2) is 13.0. The van der Waals surface area contributed by atoms with Gasteiger partial charge in [-0.1, -0.05) is 54.4 Å². The molecule has 0 aliphatic carbocycles. The van der Waals surface area contributed by atoms with Crippen LogP contribution in [0.2, 0.25) is 10.0 Å². The van der Waals surface area contributed by atoms with Gasteiger partial charge in [0.2, 0.25) is 5.91 Å². The van der Waals surface area contributed by atoms with E-state index in [1.54, 1.807) is 0 Å². The third-order valence-corrected chi connectivity index (χ3v) is 8.07. The van der Waals surface area contributed by atoms with E-state index in [0.29, 0.717) is 29.7 Å². The first-order chi connectivity index (χ1) is 18.6. The Hall–Kier alpha value is -2.12. The van der Waals surface area contributed by atoms with Gasteiger partial charge in [-0.2, -0.15) is 0 Å². The summed E-state index contributed by atoms with van der Waals surface area (Å²) in [5, 5.41) is 1.30. The summed E-state index contributed by atoms with van der Waals surface area (Å²) >= 11 is 12.7. The number of hydrogen-bond donors (Lipinski definition) is 0. The SMILES string of the molecule is CCC(CN1CCOCC1)N1C(=O)C(CC(=O)OC(C)(C)C)C[C@H](c2cccc(Cl)c2)C1c1ccc(Cl)cc1. The van der Waals surface area contributed by atoms with Gasteiger partial charge in [-0.15, -0.1) is 0 Å². The highest BCUT2D eigenvalue weighted by Crippen LogP contribution is 2.48. The molecule has 2 aliphatic rings. The normalized spacial score (nSPS) is 23.5. The maximum atomic E-state index is 14.4. The number of morpholine rings is 1. The standard InChI is InChI=1S/C31H40Cl2N2O4/c1-5-26(20-34-13-15-38-16-14-34)35-29(21-9-11-24(32)12-10-21)27(22-7-6-8-25(33)17-22)18-23(30(35)37)19-28(36)39-31(2,3)4/h6-12,17,23,26-27,29H,5,13-16,18-20H2,1-4H3/t23?,26?,27-,29?/m1/s1. The maximum Gasteiger partial charge on any atom is 0.307 e. The number of ether oxygens (including phenoxy) is 2. The van der Waals surface area contributed by atoms with Crippen molar-refractivity contribution in [1.82, 2.24) is 9.80 Å². The first kappa shape index (κ1) is 29.9. The highest BCUT2D eigenvalue weighted by atomic mass is 35.5. The Kier molecular flexibility index (Phi) is 9.97. The van der Waals surface area contributed by atoms with Crippen molar-refractivity contribution in [3.05, 3.63) is 69.7 Å². The lowest BCUT2D eigenvalue weighted by molar-refractivity contribution is -0.162. The van der Waals surface area contributed by atoms with Gasteiger partial charge in [-0.25, -0.2) is 0 Å². The number of esters is 1. The molecule has 1 amide bonds. The number of rotatable bonds is 8. The summed E-state index contributed by atoms with van der Waals surface area (Å²) in [6.07, 6.45) is 1.36. The number of halogens is 2. The summed E-state index contributed by atoms with van der Waals surface area (Å²) in [7, 11) is 0. The second-order valence-electron chi connectivity index (χ2n) is 11.6. The fourth-order valence-electron chi connectivity index (χ4n) is 5.84. The highest BCUT2D eigenvalue weighted by Gasteiger charge is 2.46. The van der Waals surface area contributed by atoms with Gasteiger partial charge in [0.15, 0.2) is 0 Å². The van der Waals surface area contributed by atoms with Crippen LogP contribution in [0.1, 0.15) is 70.0 Å². The van der Waals surface area contributed by atoms with E-state index in [1.165, 1.54) is 0 Å². The molecule has 8 heteroatoms. The van der Waals surface area contributed by atoms with E-state index >= 15 is 0 Å². The molecule has 0 radical (unpaired) electrons. The summed E-state index contributed by atoms with van der Waals surface area (Å²) in [5.74, 6) is -0.907. The van der Waals surface area contributed by atoms with Crippen LogP contribution in [0.3, 0.4) is 0 Å². The number of piperidine rings is 1. The Labute approximate surface area is 242 Å². The van der Waals surface area contributed by atoms with E-state index in [0.717, 1.165) is 37.2 Å². The third-order valence-electron chi connectivity index (χ3n) is 7.58. The monoisotopic (exact) mass is 574 g/mol. The lowest BCUT2D eigenvalue weighted by Crippen LogP contribution is -2.55. The summed E-state index contributed by atoms with van der Waals surface area (Å²) in [5.41, 5.74) is 1.46. The lowest BCUT2D eigenvalue weighted by atomic mass is 9.74.